The normalized spacial score (nSPS) is 15.2. The zero-order valence-electron chi connectivity index (χ0n) is 11.1. The van der Waals surface area contributed by atoms with Gasteiger partial charge in [-0.15, -0.1) is 0 Å². The van der Waals surface area contributed by atoms with E-state index < -0.39 is 10.0 Å². The van der Waals surface area contributed by atoms with Crippen LogP contribution in [0.2, 0.25) is 0 Å². The molecule has 106 valence electrons. The highest BCUT2D eigenvalue weighted by Gasteiger charge is 2.24. The molecule has 1 amide bonds. The summed E-state index contributed by atoms with van der Waals surface area (Å²) in [6.07, 6.45) is 7.41. The molecule has 0 bridgehead atoms. The molecule has 0 spiro atoms. The first-order valence-corrected chi connectivity index (χ1v) is 7.74. The van der Waals surface area contributed by atoms with Gasteiger partial charge in [-0.05, 0) is 37.1 Å². The van der Waals surface area contributed by atoms with E-state index in [1.54, 1.807) is 23.1 Å². The van der Waals surface area contributed by atoms with E-state index >= 15 is 0 Å². The zero-order chi connectivity index (χ0) is 14.8. The number of primary sulfonamides is 1. The molecule has 1 aromatic carbocycles. The first-order chi connectivity index (χ1) is 9.43. The number of rotatable bonds is 3. The van der Waals surface area contributed by atoms with Gasteiger partial charge in [-0.3, -0.25) is 4.79 Å². The second-order valence-electron chi connectivity index (χ2n) is 4.46. The van der Waals surface area contributed by atoms with Gasteiger partial charge in [-0.1, -0.05) is 18.2 Å². The molecule has 0 aromatic heterocycles. The fraction of sp³-hybridized carbons (Fsp3) is 0.214. The zero-order valence-corrected chi connectivity index (χ0v) is 11.9. The number of nitrogens with two attached hydrogens (primary N) is 1. The molecule has 0 saturated heterocycles. The summed E-state index contributed by atoms with van der Waals surface area (Å²) in [4.78, 5) is 13.7. The van der Waals surface area contributed by atoms with Crippen LogP contribution in [0.3, 0.4) is 0 Å². The van der Waals surface area contributed by atoms with Gasteiger partial charge in [0.2, 0.25) is 10.0 Å². The Hall–Kier alpha value is -1.92. The van der Waals surface area contributed by atoms with Crippen LogP contribution in [0.25, 0.3) is 0 Å². The molecule has 1 aliphatic rings. The molecule has 0 fully saturated rings. The number of amides is 1. The minimum atomic E-state index is -3.71. The van der Waals surface area contributed by atoms with E-state index in [0.29, 0.717) is 13.0 Å². The van der Waals surface area contributed by atoms with Gasteiger partial charge >= 0.3 is 0 Å². The average Bonchev–Trinajstić information content (AvgIpc) is 2.80. The Morgan fingerprint density at radius 2 is 2.10 bits per heavy atom. The lowest BCUT2D eigenvalue weighted by Crippen LogP contribution is -2.26. The van der Waals surface area contributed by atoms with Crippen LogP contribution >= 0.6 is 0 Å². The molecule has 2 rings (SSSR count). The quantitative estimate of drug-likeness (QED) is 0.674. The number of anilines is 1. The second kappa shape index (κ2) is 5.60. The summed E-state index contributed by atoms with van der Waals surface area (Å²) in [7, 11) is -3.71. The molecule has 1 heterocycles. The third-order valence-corrected chi connectivity index (χ3v) is 3.99. The minimum Gasteiger partial charge on any atom is -0.308 e. The van der Waals surface area contributed by atoms with Crippen LogP contribution in [0.4, 0.5) is 5.69 Å². The number of fused-ring (bicyclic) bond motifs is 1. The molecule has 5 nitrogen and oxygen atoms in total. The summed E-state index contributed by atoms with van der Waals surface area (Å²) in [6, 6.07) is 4.59. The Morgan fingerprint density at radius 1 is 1.35 bits per heavy atom. The molecular formula is C14H16N2O3S. The number of sulfonamides is 1. The Morgan fingerprint density at radius 3 is 2.75 bits per heavy atom. The van der Waals surface area contributed by atoms with Crippen molar-refractivity contribution in [3.8, 4) is 0 Å². The monoisotopic (exact) mass is 292 g/mol. The lowest BCUT2D eigenvalue weighted by atomic mass is 10.2. The molecule has 0 aliphatic carbocycles. The van der Waals surface area contributed by atoms with Gasteiger partial charge in [0.05, 0.1) is 4.90 Å². The number of benzene rings is 1. The predicted octanol–water partition coefficient (Wildman–Crippen LogP) is 1.36. The van der Waals surface area contributed by atoms with Crippen LogP contribution in [0.15, 0.2) is 47.4 Å². The molecule has 0 atom stereocenters. The number of hydrogen-bond acceptors (Lipinski definition) is 3. The molecule has 1 aromatic rings. The highest BCUT2D eigenvalue weighted by Crippen LogP contribution is 2.30. The Kier molecular flexibility index (Phi) is 4.06. The summed E-state index contributed by atoms with van der Waals surface area (Å²) in [5.74, 6) is -0.120. The first-order valence-electron chi connectivity index (χ1n) is 6.20. The van der Waals surface area contributed by atoms with Crippen LogP contribution in [-0.4, -0.2) is 20.9 Å². The van der Waals surface area contributed by atoms with Gasteiger partial charge in [0.25, 0.3) is 5.91 Å². The maximum absolute atomic E-state index is 12.0. The maximum atomic E-state index is 12.0. The van der Waals surface area contributed by atoms with Crippen LogP contribution in [0.5, 0.6) is 0 Å². The van der Waals surface area contributed by atoms with Gasteiger partial charge < -0.3 is 4.90 Å². The van der Waals surface area contributed by atoms with E-state index in [4.69, 9.17) is 5.14 Å². The summed E-state index contributed by atoms with van der Waals surface area (Å²) in [5, 5.41) is 5.10. The third-order valence-electron chi connectivity index (χ3n) is 3.08. The van der Waals surface area contributed by atoms with Crippen LogP contribution in [0, 0.1) is 0 Å². The molecule has 0 radical (unpaired) electrons. The second-order valence-corrected chi connectivity index (χ2v) is 6.02. The van der Waals surface area contributed by atoms with Crippen LogP contribution in [-0.2, 0) is 21.2 Å². The van der Waals surface area contributed by atoms with Gasteiger partial charge in [0.1, 0.15) is 0 Å². The lowest BCUT2D eigenvalue weighted by Gasteiger charge is -2.15. The SMILES string of the molecule is CC=CC=CC(=O)N1CCc2cc(S(N)(=O)=O)ccc21. The third kappa shape index (κ3) is 2.97. The number of carbonyl (C=O) groups is 1. The smallest absolute Gasteiger partial charge is 0.250 e. The highest BCUT2D eigenvalue weighted by atomic mass is 32.2. The van der Waals surface area contributed by atoms with Crippen LogP contribution < -0.4 is 10.0 Å². The molecule has 2 N–H and O–H groups in total. The van der Waals surface area contributed by atoms with Crippen molar-refractivity contribution in [3.05, 3.63) is 48.1 Å². The van der Waals surface area contributed by atoms with Crippen molar-refractivity contribution in [2.45, 2.75) is 18.2 Å². The standard InChI is InChI=1S/C14H16N2O3S/c1-2-3-4-5-14(17)16-9-8-11-10-12(20(15,18)19)6-7-13(11)16/h2-7,10H,8-9H2,1H3,(H2,15,18,19). The number of allylic oxidation sites excluding steroid dienone is 3. The van der Waals surface area contributed by atoms with E-state index in [-0.39, 0.29) is 10.8 Å². The molecule has 1 aliphatic heterocycles. The Labute approximate surface area is 118 Å². The lowest BCUT2D eigenvalue weighted by molar-refractivity contribution is -0.114. The summed E-state index contributed by atoms with van der Waals surface area (Å²) in [6.45, 7) is 2.41. The topological polar surface area (TPSA) is 80.5 Å². The van der Waals surface area contributed by atoms with Gasteiger partial charge in [0, 0.05) is 18.3 Å². The molecular weight excluding hydrogens is 276 g/mol. The number of hydrogen-bond donors (Lipinski definition) is 1. The summed E-state index contributed by atoms with van der Waals surface area (Å²) >= 11 is 0. The summed E-state index contributed by atoms with van der Waals surface area (Å²) in [5.41, 5.74) is 1.57. The Balaban J connectivity index is 2.28. The van der Waals surface area contributed by atoms with E-state index in [1.807, 2.05) is 13.0 Å². The van der Waals surface area contributed by atoms with Gasteiger partial charge in [0.15, 0.2) is 0 Å². The summed E-state index contributed by atoms with van der Waals surface area (Å²) < 4.78 is 22.6. The van der Waals surface area contributed by atoms with Crippen molar-refractivity contribution in [1.82, 2.24) is 0 Å². The van der Waals surface area contributed by atoms with E-state index in [9.17, 15) is 13.2 Å². The van der Waals surface area contributed by atoms with E-state index in [2.05, 4.69) is 0 Å². The maximum Gasteiger partial charge on any atom is 0.250 e. The number of carbonyl (C=O) groups excluding carboxylic acids is 1. The predicted molar refractivity (Wildman–Crippen MR) is 77.8 cm³/mol. The van der Waals surface area contributed by atoms with Crippen molar-refractivity contribution in [2.24, 2.45) is 5.14 Å². The molecule has 20 heavy (non-hydrogen) atoms. The van der Waals surface area contributed by atoms with Crippen molar-refractivity contribution in [1.29, 1.82) is 0 Å². The van der Waals surface area contributed by atoms with Crippen molar-refractivity contribution in [2.75, 3.05) is 11.4 Å². The fourth-order valence-electron chi connectivity index (χ4n) is 2.12. The van der Waals surface area contributed by atoms with Crippen LogP contribution in [0.1, 0.15) is 12.5 Å². The van der Waals surface area contributed by atoms with Gasteiger partial charge in [-0.25, -0.2) is 13.6 Å². The fourth-order valence-corrected chi connectivity index (χ4v) is 2.69. The van der Waals surface area contributed by atoms with Crippen molar-refractivity contribution in [3.63, 3.8) is 0 Å². The first kappa shape index (κ1) is 14.5. The number of nitrogens with zero attached hydrogens (tertiary/aromatic N) is 1. The van der Waals surface area contributed by atoms with Gasteiger partial charge in [-0.2, -0.15) is 0 Å². The van der Waals surface area contributed by atoms with Crippen molar-refractivity contribution < 1.29 is 13.2 Å². The minimum absolute atomic E-state index is 0.0787. The largest absolute Gasteiger partial charge is 0.308 e. The molecule has 0 unspecified atom stereocenters. The molecule has 6 heteroatoms. The Bertz CT molecular complexity index is 690. The van der Waals surface area contributed by atoms with E-state index in [0.717, 1.165) is 11.3 Å². The van der Waals surface area contributed by atoms with E-state index in [1.165, 1.54) is 18.2 Å². The van der Waals surface area contributed by atoms with Crippen molar-refractivity contribution >= 4 is 21.6 Å². The highest BCUT2D eigenvalue weighted by molar-refractivity contribution is 7.89. The average molecular weight is 292 g/mol. The molecule has 0 saturated carbocycles.